The molecule has 0 unspecified atom stereocenters. The summed E-state index contributed by atoms with van der Waals surface area (Å²) in [6.45, 7) is 7.90. The predicted molar refractivity (Wildman–Crippen MR) is 70.6 cm³/mol. The van der Waals surface area contributed by atoms with Crippen molar-refractivity contribution in [3.63, 3.8) is 0 Å². The van der Waals surface area contributed by atoms with Crippen LogP contribution in [0, 0.1) is 5.41 Å². The second kappa shape index (κ2) is 6.58. The molecular weight excluding hydrogens is 198 g/mol. The van der Waals surface area contributed by atoms with E-state index in [0.717, 1.165) is 13.1 Å². The zero-order chi connectivity index (χ0) is 12.0. The molecule has 3 nitrogen and oxygen atoms in total. The first-order valence-electron chi connectivity index (χ1n) is 6.69. The van der Waals surface area contributed by atoms with Crippen LogP contribution in [0.15, 0.2) is 0 Å². The van der Waals surface area contributed by atoms with Gasteiger partial charge in [0.15, 0.2) is 0 Å². The van der Waals surface area contributed by atoms with Crippen molar-refractivity contribution in [1.82, 2.24) is 9.80 Å². The van der Waals surface area contributed by atoms with Gasteiger partial charge in [-0.3, -0.25) is 0 Å². The Morgan fingerprint density at radius 2 is 1.81 bits per heavy atom. The summed E-state index contributed by atoms with van der Waals surface area (Å²) in [4.78, 5) is 4.87. The van der Waals surface area contributed by atoms with Gasteiger partial charge in [-0.2, -0.15) is 0 Å². The molecule has 0 aliphatic heterocycles. The quantitative estimate of drug-likeness (QED) is 0.680. The third-order valence-corrected chi connectivity index (χ3v) is 3.81. The Hall–Kier alpha value is -0.120. The van der Waals surface area contributed by atoms with Crippen molar-refractivity contribution in [2.24, 2.45) is 11.1 Å². The van der Waals surface area contributed by atoms with E-state index in [2.05, 4.69) is 30.8 Å². The minimum absolute atomic E-state index is 0.460. The van der Waals surface area contributed by atoms with Crippen LogP contribution in [0.2, 0.25) is 0 Å². The fourth-order valence-corrected chi connectivity index (χ4v) is 2.51. The first-order chi connectivity index (χ1) is 7.62. The standard InChI is InChI=1S/C13H29N3/c1-4-8-16(10-9-15(2)3)12-13(11-14)6-5-7-13/h4-12,14H2,1-3H3. The summed E-state index contributed by atoms with van der Waals surface area (Å²) in [7, 11) is 4.29. The van der Waals surface area contributed by atoms with Crippen molar-refractivity contribution < 1.29 is 0 Å². The Kier molecular flexibility index (Phi) is 5.73. The largest absolute Gasteiger partial charge is 0.330 e. The first kappa shape index (κ1) is 13.9. The molecule has 0 amide bonds. The molecule has 1 saturated carbocycles. The maximum absolute atomic E-state index is 5.93. The number of rotatable bonds is 8. The first-order valence-corrected chi connectivity index (χ1v) is 6.69. The van der Waals surface area contributed by atoms with E-state index in [1.807, 2.05) is 0 Å². The van der Waals surface area contributed by atoms with Crippen molar-refractivity contribution in [3.8, 4) is 0 Å². The molecule has 0 aromatic heterocycles. The van der Waals surface area contributed by atoms with E-state index in [9.17, 15) is 0 Å². The van der Waals surface area contributed by atoms with Crippen molar-refractivity contribution >= 4 is 0 Å². The van der Waals surface area contributed by atoms with Crippen molar-refractivity contribution in [2.45, 2.75) is 32.6 Å². The van der Waals surface area contributed by atoms with Crippen molar-refractivity contribution in [2.75, 3.05) is 46.8 Å². The minimum atomic E-state index is 0.460. The van der Waals surface area contributed by atoms with Crippen LogP contribution in [-0.4, -0.2) is 56.6 Å². The summed E-state index contributed by atoms with van der Waals surface area (Å²) in [6.07, 6.45) is 5.30. The molecule has 1 aliphatic carbocycles. The Morgan fingerprint density at radius 1 is 1.12 bits per heavy atom. The van der Waals surface area contributed by atoms with Crippen LogP contribution in [0.4, 0.5) is 0 Å². The molecule has 96 valence electrons. The van der Waals surface area contributed by atoms with Crippen molar-refractivity contribution in [1.29, 1.82) is 0 Å². The minimum Gasteiger partial charge on any atom is -0.330 e. The lowest BCUT2D eigenvalue weighted by Crippen LogP contribution is -2.48. The molecule has 0 bridgehead atoms. The highest BCUT2D eigenvalue weighted by Crippen LogP contribution is 2.40. The summed E-state index contributed by atoms with van der Waals surface area (Å²) >= 11 is 0. The Bertz CT molecular complexity index is 182. The number of hydrogen-bond donors (Lipinski definition) is 1. The van der Waals surface area contributed by atoms with E-state index < -0.39 is 0 Å². The fourth-order valence-electron chi connectivity index (χ4n) is 2.51. The van der Waals surface area contributed by atoms with E-state index >= 15 is 0 Å². The molecule has 1 fully saturated rings. The second-order valence-electron chi connectivity index (χ2n) is 5.64. The highest BCUT2D eigenvalue weighted by molar-refractivity contribution is 4.91. The highest BCUT2D eigenvalue weighted by atomic mass is 15.2. The molecule has 0 heterocycles. The molecule has 0 spiro atoms. The van der Waals surface area contributed by atoms with Gasteiger partial charge in [0.2, 0.25) is 0 Å². The molecule has 0 aromatic rings. The van der Waals surface area contributed by atoms with E-state index in [-0.39, 0.29) is 0 Å². The van der Waals surface area contributed by atoms with Gasteiger partial charge in [-0.25, -0.2) is 0 Å². The summed E-state index contributed by atoms with van der Waals surface area (Å²) in [6, 6.07) is 0. The molecule has 2 N–H and O–H groups in total. The zero-order valence-electron chi connectivity index (χ0n) is 11.3. The van der Waals surface area contributed by atoms with E-state index in [1.165, 1.54) is 45.3 Å². The van der Waals surface area contributed by atoms with Crippen LogP contribution in [0.25, 0.3) is 0 Å². The van der Waals surface area contributed by atoms with Crippen LogP contribution in [0.3, 0.4) is 0 Å². The Labute approximate surface area is 101 Å². The monoisotopic (exact) mass is 227 g/mol. The molecule has 0 saturated heterocycles. The van der Waals surface area contributed by atoms with Crippen LogP contribution < -0.4 is 5.73 Å². The fraction of sp³-hybridized carbons (Fsp3) is 1.00. The average Bonchev–Trinajstić information content (AvgIpc) is 2.19. The molecule has 0 radical (unpaired) electrons. The lowest BCUT2D eigenvalue weighted by Gasteiger charge is -2.44. The maximum atomic E-state index is 5.93. The maximum Gasteiger partial charge on any atom is 0.0109 e. The van der Waals surface area contributed by atoms with Gasteiger partial charge in [0.1, 0.15) is 0 Å². The van der Waals surface area contributed by atoms with E-state index in [0.29, 0.717) is 5.41 Å². The molecule has 0 aromatic carbocycles. The number of nitrogens with zero attached hydrogens (tertiary/aromatic N) is 2. The van der Waals surface area contributed by atoms with Crippen LogP contribution in [0.5, 0.6) is 0 Å². The van der Waals surface area contributed by atoms with Gasteiger partial charge < -0.3 is 15.5 Å². The molecule has 16 heavy (non-hydrogen) atoms. The molecule has 1 rings (SSSR count). The van der Waals surface area contributed by atoms with Crippen molar-refractivity contribution in [3.05, 3.63) is 0 Å². The average molecular weight is 227 g/mol. The molecular formula is C13H29N3. The van der Waals surface area contributed by atoms with Crippen LogP contribution in [-0.2, 0) is 0 Å². The summed E-state index contributed by atoms with van der Waals surface area (Å²) in [5, 5.41) is 0. The lowest BCUT2D eigenvalue weighted by molar-refractivity contribution is 0.0712. The third kappa shape index (κ3) is 4.04. The SMILES string of the molecule is CCCN(CCN(C)C)CC1(CN)CCC1. The Balaban J connectivity index is 2.37. The number of hydrogen-bond acceptors (Lipinski definition) is 3. The Morgan fingerprint density at radius 3 is 2.19 bits per heavy atom. The summed E-state index contributed by atoms with van der Waals surface area (Å²) in [5.74, 6) is 0. The van der Waals surface area contributed by atoms with Gasteiger partial charge in [0, 0.05) is 19.6 Å². The van der Waals surface area contributed by atoms with E-state index in [4.69, 9.17) is 5.73 Å². The van der Waals surface area contributed by atoms with Crippen LogP contribution >= 0.6 is 0 Å². The second-order valence-corrected chi connectivity index (χ2v) is 5.64. The van der Waals surface area contributed by atoms with Gasteiger partial charge in [-0.05, 0) is 51.9 Å². The summed E-state index contributed by atoms with van der Waals surface area (Å²) < 4.78 is 0. The lowest BCUT2D eigenvalue weighted by atomic mass is 9.68. The smallest absolute Gasteiger partial charge is 0.0109 e. The molecule has 3 heteroatoms. The normalized spacial score (nSPS) is 19.1. The van der Waals surface area contributed by atoms with Gasteiger partial charge in [-0.15, -0.1) is 0 Å². The molecule has 1 aliphatic rings. The molecule has 0 atom stereocenters. The van der Waals surface area contributed by atoms with E-state index in [1.54, 1.807) is 0 Å². The topological polar surface area (TPSA) is 32.5 Å². The highest BCUT2D eigenvalue weighted by Gasteiger charge is 2.36. The third-order valence-electron chi connectivity index (χ3n) is 3.81. The summed E-state index contributed by atoms with van der Waals surface area (Å²) in [5.41, 5.74) is 6.39. The van der Waals surface area contributed by atoms with Crippen LogP contribution in [0.1, 0.15) is 32.6 Å². The zero-order valence-corrected chi connectivity index (χ0v) is 11.3. The number of likely N-dealkylation sites (N-methyl/N-ethyl adjacent to an activating group) is 1. The van der Waals surface area contributed by atoms with Gasteiger partial charge in [-0.1, -0.05) is 13.3 Å². The predicted octanol–water partition coefficient (Wildman–Crippen LogP) is 1.39. The van der Waals surface area contributed by atoms with Gasteiger partial charge >= 0.3 is 0 Å². The van der Waals surface area contributed by atoms with Gasteiger partial charge in [0.05, 0.1) is 0 Å². The number of nitrogens with two attached hydrogens (primary N) is 1. The van der Waals surface area contributed by atoms with Gasteiger partial charge in [0.25, 0.3) is 0 Å².